The van der Waals surface area contributed by atoms with Gasteiger partial charge in [0.05, 0.1) is 11.9 Å². The fourth-order valence-electron chi connectivity index (χ4n) is 1.52. The summed E-state index contributed by atoms with van der Waals surface area (Å²) in [5.41, 5.74) is 1.10. The van der Waals surface area contributed by atoms with E-state index in [0.717, 1.165) is 12.2 Å². The van der Waals surface area contributed by atoms with E-state index in [-0.39, 0.29) is 0 Å². The van der Waals surface area contributed by atoms with Crippen molar-refractivity contribution in [3.8, 4) is 0 Å². The van der Waals surface area contributed by atoms with Crippen LogP contribution in [0.5, 0.6) is 0 Å². The Hall–Kier alpha value is -1.20. The van der Waals surface area contributed by atoms with Crippen molar-refractivity contribution in [1.29, 1.82) is 0 Å². The molecule has 0 aliphatic carbocycles. The van der Waals surface area contributed by atoms with Gasteiger partial charge < -0.3 is 5.32 Å². The maximum atomic E-state index is 3.90. The summed E-state index contributed by atoms with van der Waals surface area (Å²) in [5.74, 6) is 0. The van der Waals surface area contributed by atoms with Crippen molar-refractivity contribution in [3.63, 3.8) is 0 Å². The molecule has 0 bridgehead atoms. The van der Waals surface area contributed by atoms with Gasteiger partial charge in [-0.15, -0.1) is 16.4 Å². The lowest BCUT2D eigenvalue weighted by molar-refractivity contribution is 0.552. The molecule has 0 aliphatic rings. The number of nitrogens with one attached hydrogen (secondary N) is 1. The second-order valence-electron chi connectivity index (χ2n) is 3.90. The maximum absolute atomic E-state index is 3.90. The molecule has 0 aromatic carbocycles. The van der Waals surface area contributed by atoms with Crippen molar-refractivity contribution in [1.82, 2.24) is 20.3 Å². The fourth-order valence-corrected chi connectivity index (χ4v) is 2.42. The molecule has 0 radical (unpaired) electrons. The lowest BCUT2D eigenvalue weighted by atomic mass is 10.2. The predicted molar refractivity (Wildman–Crippen MR) is 65.3 cm³/mol. The molecular formula is C11H16N4S. The molecule has 1 unspecified atom stereocenters. The topological polar surface area (TPSA) is 42.7 Å². The van der Waals surface area contributed by atoms with E-state index in [9.17, 15) is 0 Å². The monoisotopic (exact) mass is 236 g/mol. The van der Waals surface area contributed by atoms with Gasteiger partial charge >= 0.3 is 0 Å². The highest BCUT2D eigenvalue weighted by Gasteiger charge is 2.08. The highest BCUT2D eigenvalue weighted by Crippen LogP contribution is 2.22. The van der Waals surface area contributed by atoms with Crippen LogP contribution in [0.25, 0.3) is 0 Å². The molecule has 0 aliphatic heterocycles. The minimum atomic E-state index is 0.369. The molecule has 4 nitrogen and oxygen atoms in total. The van der Waals surface area contributed by atoms with E-state index in [1.807, 2.05) is 18.4 Å². The molecule has 0 saturated heterocycles. The molecule has 2 aromatic rings. The van der Waals surface area contributed by atoms with Crippen LogP contribution in [0, 0.1) is 6.92 Å². The van der Waals surface area contributed by atoms with Crippen molar-refractivity contribution < 1.29 is 0 Å². The summed E-state index contributed by atoms with van der Waals surface area (Å²) in [6.45, 7) is 5.10. The number of hydrogen-bond donors (Lipinski definition) is 1. The molecule has 1 N–H and O–H groups in total. The fraction of sp³-hybridized carbons (Fsp3) is 0.455. The first kappa shape index (κ1) is 11.3. The summed E-state index contributed by atoms with van der Waals surface area (Å²) in [5, 5.41) is 11.2. The maximum Gasteiger partial charge on any atom is 0.0738 e. The van der Waals surface area contributed by atoms with E-state index in [2.05, 4.69) is 41.6 Å². The molecule has 0 saturated carbocycles. The van der Waals surface area contributed by atoms with Gasteiger partial charge in [0.2, 0.25) is 0 Å². The molecule has 5 heteroatoms. The number of aromatic nitrogens is 3. The van der Waals surface area contributed by atoms with Gasteiger partial charge in [0, 0.05) is 29.4 Å². The van der Waals surface area contributed by atoms with E-state index in [0.29, 0.717) is 6.04 Å². The Labute approximate surface area is 99.3 Å². The van der Waals surface area contributed by atoms with E-state index >= 15 is 0 Å². The largest absolute Gasteiger partial charge is 0.304 e. The normalized spacial score (nSPS) is 12.9. The third-order valence-corrected chi connectivity index (χ3v) is 3.77. The Kier molecular flexibility index (Phi) is 3.36. The molecule has 16 heavy (non-hydrogen) atoms. The van der Waals surface area contributed by atoms with Crippen LogP contribution in [0.15, 0.2) is 18.3 Å². The Balaban J connectivity index is 1.93. The quantitative estimate of drug-likeness (QED) is 0.883. The first-order chi connectivity index (χ1) is 7.66. The van der Waals surface area contributed by atoms with Crippen LogP contribution in [0.2, 0.25) is 0 Å². The molecule has 86 valence electrons. The van der Waals surface area contributed by atoms with Crippen molar-refractivity contribution >= 4 is 11.3 Å². The molecular weight excluding hydrogens is 220 g/mol. The summed E-state index contributed by atoms with van der Waals surface area (Å²) in [7, 11) is 1.91. The van der Waals surface area contributed by atoms with Crippen LogP contribution in [-0.2, 0) is 13.6 Å². The number of rotatable bonds is 4. The molecule has 1 atom stereocenters. The van der Waals surface area contributed by atoms with Crippen LogP contribution in [0.1, 0.15) is 28.4 Å². The second kappa shape index (κ2) is 4.76. The zero-order valence-electron chi connectivity index (χ0n) is 9.77. The van der Waals surface area contributed by atoms with Crippen LogP contribution in [-0.4, -0.2) is 15.0 Å². The number of aryl methyl sites for hydroxylation is 2. The standard InChI is InChI=1S/C11H16N4S/c1-8-4-5-11(16-8)9(2)12-6-10-7-13-14-15(10)3/h4-5,7,9,12H,6H2,1-3H3. The Morgan fingerprint density at radius 2 is 2.31 bits per heavy atom. The highest BCUT2D eigenvalue weighted by atomic mass is 32.1. The molecule has 0 amide bonds. The Bertz CT molecular complexity index is 460. The third-order valence-electron chi connectivity index (χ3n) is 2.59. The lowest BCUT2D eigenvalue weighted by Crippen LogP contribution is -2.18. The van der Waals surface area contributed by atoms with Gasteiger partial charge in [0.1, 0.15) is 0 Å². The van der Waals surface area contributed by atoms with Crippen LogP contribution in [0.3, 0.4) is 0 Å². The molecule has 2 heterocycles. The number of nitrogens with zero attached hydrogens (tertiary/aromatic N) is 3. The number of hydrogen-bond acceptors (Lipinski definition) is 4. The summed E-state index contributed by atoms with van der Waals surface area (Å²) in [6, 6.07) is 4.71. The summed E-state index contributed by atoms with van der Waals surface area (Å²) in [6.07, 6.45) is 1.79. The molecule has 0 fully saturated rings. The van der Waals surface area contributed by atoms with E-state index in [4.69, 9.17) is 0 Å². The SMILES string of the molecule is Cc1ccc(C(C)NCc2cnnn2C)s1. The van der Waals surface area contributed by atoms with Crippen molar-refractivity contribution in [2.24, 2.45) is 7.05 Å². The number of thiophene rings is 1. The van der Waals surface area contributed by atoms with E-state index in [1.165, 1.54) is 9.75 Å². The molecule has 0 spiro atoms. The van der Waals surface area contributed by atoms with Crippen molar-refractivity contribution in [2.75, 3.05) is 0 Å². The summed E-state index contributed by atoms with van der Waals surface area (Å²) >= 11 is 1.84. The van der Waals surface area contributed by atoms with Gasteiger partial charge in [-0.2, -0.15) is 0 Å². The highest BCUT2D eigenvalue weighted by molar-refractivity contribution is 7.12. The first-order valence-corrected chi connectivity index (χ1v) is 6.11. The molecule has 2 rings (SSSR count). The van der Waals surface area contributed by atoms with Crippen LogP contribution < -0.4 is 5.32 Å². The Morgan fingerprint density at radius 1 is 1.50 bits per heavy atom. The zero-order chi connectivity index (χ0) is 11.5. The summed E-state index contributed by atoms with van der Waals surface area (Å²) in [4.78, 5) is 2.72. The smallest absolute Gasteiger partial charge is 0.0738 e. The zero-order valence-corrected chi connectivity index (χ0v) is 10.6. The van der Waals surface area contributed by atoms with Crippen molar-refractivity contribution in [3.05, 3.63) is 33.8 Å². The average molecular weight is 236 g/mol. The minimum absolute atomic E-state index is 0.369. The van der Waals surface area contributed by atoms with Crippen molar-refractivity contribution in [2.45, 2.75) is 26.4 Å². The third kappa shape index (κ3) is 2.48. The summed E-state index contributed by atoms with van der Waals surface area (Å²) < 4.78 is 1.79. The van der Waals surface area contributed by atoms with Gasteiger partial charge in [0.25, 0.3) is 0 Å². The molecule has 2 aromatic heterocycles. The van der Waals surface area contributed by atoms with Gasteiger partial charge in [-0.1, -0.05) is 5.21 Å². The lowest BCUT2D eigenvalue weighted by Gasteiger charge is -2.11. The van der Waals surface area contributed by atoms with Crippen LogP contribution >= 0.6 is 11.3 Å². The van der Waals surface area contributed by atoms with E-state index < -0.39 is 0 Å². The van der Waals surface area contributed by atoms with Gasteiger partial charge in [0.15, 0.2) is 0 Å². The van der Waals surface area contributed by atoms with E-state index in [1.54, 1.807) is 10.9 Å². The van der Waals surface area contributed by atoms with Gasteiger partial charge in [-0.25, -0.2) is 0 Å². The van der Waals surface area contributed by atoms with Crippen LogP contribution in [0.4, 0.5) is 0 Å². The Morgan fingerprint density at radius 3 is 2.88 bits per heavy atom. The first-order valence-electron chi connectivity index (χ1n) is 5.30. The minimum Gasteiger partial charge on any atom is -0.304 e. The van der Waals surface area contributed by atoms with Gasteiger partial charge in [-0.3, -0.25) is 4.68 Å². The average Bonchev–Trinajstić information content (AvgIpc) is 2.84. The second-order valence-corrected chi connectivity index (χ2v) is 5.22. The predicted octanol–water partition coefficient (Wildman–Crippen LogP) is 2.04. The van der Waals surface area contributed by atoms with Gasteiger partial charge in [-0.05, 0) is 26.0 Å².